The number of alkyl halides is 1. The highest BCUT2D eigenvalue weighted by atomic mass is 19.1. The van der Waals surface area contributed by atoms with Gasteiger partial charge in [0.05, 0.1) is 6.10 Å². The second-order valence-electron chi connectivity index (χ2n) is 3.44. The van der Waals surface area contributed by atoms with Crippen LogP contribution in [0.25, 0.3) is 0 Å². The van der Waals surface area contributed by atoms with Gasteiger partial charge in [0.1, 0.15) is 6.67 Å². The van der Waals surface area contributed by atoms with Gasteiger partial charge in [0.25, 0.3) is 0 Å². The van der Waals surface area contributed by atoms with Gasteiger partial charge in [-0.05, 0) is 12.3 Å². The number of hydrogen-bond acceptors (Lipinski definition) is 2. The summed E-state index contributed by atoms with van der Waals surface area (Å²) in [6, 6.07) is 0. The van der Waals surface area contributed by atoms with Crippen LogP contribution < -0.4 is 0 Å². The molecule has 1 N–H and O–H groups in total. The third kappa shape index (κ3) is 2.75. The van der Waals surface area contributed by atoms with E-state index in [-0.39, 0.29) is 12.8 Å². The summed E-state index contributed by atoms with van der Waals surface area (Å²) in [7, 11) is 0. The van der Waals surface area contributed by atoms with Crippen molar-refractivity contribution in [3.8, 4) is 0 Å². The molecule has 0 spiro atoms. The maximum atomic E-state index is 11.9. The van der Waals surface area contributed by atoms with Gasteiger partial charge in [-0.3, -0.25) is 4.90 Å². The van der Waals surface area contributed by atoms with Crippen LogP contribution in [0, 0.1) is 5.92 Å². The number of hydrogen-bond donors (Lipinski definition) is 1. The summed E-state index contributed by atoms with van der Waals surface area (Å²) in [5.41, 5.74) is 0. The molecule has 1 heterocycles. The smallest absolute Gasteiger partial charge is 0.102 e. The Balaban J connectivity index is 2.30. The third-order valence-electron chi connectivity index (χ3n) is 2.11. The standard InChI is InChI=1S/C8H16FNO/c1-7-4-8(11)6-10(5-7)3-2-9/h7-8,11H,2-6H2,1H3. The molecule has 1 fully saturated rings. The van der Waals surface area contributed by atoms with E-state index < -0.39 is 0 Å². The summed E-state index contributed by atoms with van der Waals surface area (Å²) in [4.78, 5) is 1.98. The number of aliphatic hydroxyl groups is 1. The van der Waals surface area contributed by atoms with Crippen molar-refractivity contribution < 1.29 is 9.50 Å². The van der Waals surface area contributed by atoms with Crippen LogP contribution in [0.2, 0.25) is 0 Å². The molecule has 11 heavy (non-hydrogen) atoms. The molecule has 2 unspecified atom stereocenters. The SMILES string of the molecule is CC1CC(O)CN(CCF)C1. The fourth-order valence-electron chi connectivity index (χ4n) is 1.73. The zero-order valence-corrected chi connectivity index (χ0v) is 6.96. The molecule has 1 aliphatic heterocycles. The number of likely N-dealkylation sites (tertiary alicyclic amines) is 1. The highest BCUT2D eigenvalue weighted by Crippen LogP contribution is 2.15. The van der Waals surface area contributed by atoms with Crippen molar-refractivity contribution in [2.45, 2.75) is 19.4 Å². The van der Waals surface area contributed by atoms with Crippen LogP contribution in [-0.2, 0) is 0 Å². The highest BCUT2D eigenvalue weighted by molar-refractivity contribution is 4.75. The van der Waals surface area contributed by atoms with Crippen LogP contribution in [0.5, 0.6) is 0 Å². The van der Waals surface area contributed by atoms with Crippen LogP contribution in [0.15, 0.2) is 0 Å². The Morgan fingerprint density at radius 3 is 2.82 bits per heavy atom. The van der Waals surface area contributed by atoms with Crippen LogP contribution in [0.3, 0.4) is 0 Å². The van der Waals surface area contributed by atoms with Gasteiger partial charge in [-0.25, -0.2) is 4.39 Å². The van der Waals surface area contributed by atoms with Crippen molar-refractivity contribution in [1.29, 1.82) is 0 Å². The summed E-state index contributed by atoms with van der Waals surface area (Å²) < 4.78 is 11.9. The fraction of sp³-hybridized carbons (Fsp3) is 1.00. The topological polar surface area (TPSA) is 23.5 Å². The van der Waals surface area contributed by atoms with E-state index in [1.165, 1.54) is 0 Å². The Hall–Kier alpha value is -0.150. The second-order valence-corrected chi connectivity index (χ2v) is 3.44. The second kappa shape index (κ2) is 4.02. The molecular weight excluding hydrogens is 145 g/mol. The summed E-state index contributed by atoms with van der Waals surface area (Å²) in [6.07, 6.45) is 0.619. The zero-order chi connectivity index (χ0) is 8.27. The van der Waals surface area contributed by atoms with Crippen molar-refractivity contribution in [3.05, 3.63) is 0 Å². The molecule has 0 aliphatic carbocycles. The monoisotopic (exact) mass is 161 g/mol. The lowest BCUT2D eigenvalue weighted by molar-refractivity contribution is 0.0421. The van der Waals surface area contributed by atoms with Crippen LogP contribution in [-0.4, -0.2) is 42.4 Å². The lowest BCUT2D eigenvalue weighted by Gasteiger charge is -2.33. The number of rotatable bonds is 2. The molecule has 1 rings (SSSR count). The van der Waals surface area contributed by atoms with Gasteiger partial charge in [-0.2, -0.15) is 0 Å². The van der Waals surface area contributed by atoms with E-state index in [4.69, 9.17) is 0 Å². The van der Waals surface area contributed by atoms with Crippen molar-refractivity contribution >= 4 is 0 Å². The number of β-amino-alcohol motifs (C(OH)–C–C–N with tert-alkyl or cyclic N) is 1. The molecule has 0 saturated carbocycles. The first-order valence-corrected chi connectivity index (χ1v) is 4.18. The summed E-state index contributed by atoms with van der Waals surface area (Å²) >= 11 is 0. The molecule has 3 heteroatoms. The lowest BCUT2D eigenvalue weighted by atomic mass is 9.98. The van der Waals surface area contributed by atoms with E-state index in [1.54, 1.807) is 0 Å². The predicted octanol–water partition coefficient (Wildman–Crippen LogP) is 0.659. The largest absolute Gasteiger partial charge is 0.392 e. The molecule has 66 valence electrons. The molecule has 2 nitrogen and oxygen atoms in total. The zero-order valence-electron chi connectivity index (χ0n) is 6.96. The van der Waals surface area contributed by atoms with E-state index in [1.807, 2.05) is 4.90 Å². The minimum absolute atomic E-state index is 0.245. The maximum absolute atomic E-state index is 11.9. The highest BCUT2D eigenvalue weighted by Gasteiger charge is 2.22. The maximum Gasteiger partial charge on any atom is 0.102 e. The first-order valence-electron chi connectivity index (χ1n) is 4.18. The first kappa shape index (κ1) is 8.94. The van der Waals surface area contributed by atoms with Gasteiger partial charge in [0.2, 0.25) is 0 Å². The minimum Gasteiger partial charge on any atom is -0.392 e. The summed E-state index contributed by atoms with van der Waals surface area (Å²) in [6.45, 7) is 3.84. The molecule has 1 aliphatic rings. The van der Waals surface area contributed by atoms with Crippen molar-refractivity contribution in [2.75, 3.05) is 26.3 Å². The van der Waals surface area contributed by atoms with Gasteiger partial charge in [-0.1, -0.05) is 6.92 Å². The van der Waals surface area contributed by atoms with E-state index >= 15 is 0 Å². The molecule has 0 bridgehead atoms. The molecule has 0 aromatic heterocycles. The molecule has 0 amide bonds. The average molecular weight is 161 g/mol. The van der Waals surface area contributed by atoms with Gasteiger partial charge in [0.15, 0.2) is 0 Å². The van der Waals surface area contributed by atoms with Crippen molar-refractivity contribution in [1.82, 2.24) is 4.90 Å². The Morgan fingerprint density at radius 2 is 2.27 bits per heavy atom. The van der Waals surface area contributed by atoms with Crippen molar-refractivity contribution in [3.63, 3.8) is 0 Å². The van der Waals surface area contributed by atoms with E-state index in [9.17, 15) is 9.50 Å². The fourth-order valence-corrected chi connectivity index (χ4v) is 1.73. The molecule has 0 aromatic rings. The third-order valence-corrected chi connectivity index (χ3v) is 2.11. The molecule has 2 atom stereocenters. The predicted molar refractivity (Wildman–Crippen MR) is 42.2 cm³/mol. The van der Waals surface area contributed by atoms with E-state index in [2.05, 4.69) is 6.92 Å². The van der Waals surface area contributed by atoms with Crippen LogP contribution in [0.4, 0.5) is 4.39 Å². The lowest BCUT2D eigenvalue weighted by Crippen LogP contribution is -2.43. The Kier molecular flexibility index (Phi) is 3.27. The quantitative estimate of drug-likeness (QED) is 0.643. The van der Waals surface area contributed by atoms with Crippen molar-refractivity contribution in [2.24, 2.45) is 5.92 Å². The average Bonchev–Trinajstić information content (AvgIpc) is 1.85. The Labute approximate surface area is 67.0 Å². The summed E-state index contributed by atoms with van der Waals surface area (Å²) in [5, 5.41) is 9.31. The van der Waals surface area contributed by atoms with Gasteiger partial charge >= 0.3 is 0 Å². The minimum atomic E-state index is -0.306. The number of aliphatic hydroxyl groups excluding tert-OH is 1. The molecule has 0 radical (unpaired) electrons. The number of halogens is 1. The van der Waals surface area contributed by atoms with Crippen LogP contribution in [0.1, 0.15) is 13.3 Å². The Bertz CT molecular complexity index is 111. The summed E-state index contributed by atoms with van der Waals surface area (Å²) in [5.74, 6) is 0.505. The van der Waals surface area contributed by atoms with E-state index in [0.29, 0.717) is 19.0 Å². The number of nitrogens with zero attached hydrogens (tertiary/aromatic N) is 1. The van der Waals surface area contributed by atoms with Gasteiger partial charge < -0.3 is 5.11 Å². The Morgan fingerprint density at radius 1 is 1.55 bits per heavy atom. The first-order chi connectivity index (χ1) is 5.22. The molecular formula is C8H16FNO. The normalized spacial score (nSPS) is 34.1. The van der Waals surface area contributed by atoms with Crippen LogP contribution >= 0.6 is 0 Å². The van der Waals surface area contributed by atoms with E-state index in [0.717, 1.165) is 13.0 Å². The van der Waals surface area contributed by atoms with Gasteiger partial charge in [-0.15, -0.1) is 0 Å². The van der Waals surface area contributed by atoms with Gasteiger partial charge in [0, 0.05) is 19.6 Å². The molecule has 0 aromatic carbocycles. The number of piperidine rings is 1. The molecule has 1 saturated heterocycles.